The monoisotopic (exact) mass is 274 g/mol. The summed E-state index contributed by atoms with van der Waals surface area (Å²) in [6.07, 6.45) is 1.05. The van der Waals surface area contributed by atoms with E-state index in [4.69, 9.17) is 4.74 Å². The molecule has 0 aromatic heterocycles. The first-order valence-corrected chi connectivity index (χ1v) is 7.15. The second kappa shape index (κ2) is 7.83. The van der Waals surface area contributed by atoms with Gasteiger partial charge in [-0.15, -0.1) is 0 Å². The van der Waals surface area contributed by atoms with Gasteiger partial charge in [-0.3, -0.25) is 0 Å². The molecule has 0 bridgehead atoms. The van der Waals surface area contributed by atoms with Gasteiger partial charge >= 0.3 is 0 Å². The van der Waals surface area contributed by atoms with Crippen LogP contribution < -0.4 is 4.74 Å². The molecule has 0 N–H and O–H groups in total. The number of aryl methyl sites for hydroxylation is 1. The van der Waals surface area contributed by atoms with E-state index in [2.05, 4.69) is 42.7 Å². The molecule has 0 saturated carbocycles. The normalized spacial score (nSPS) is 9.05. The largest absolute Gasteiger partial charge is 0.494 e. The van der Waals surface area contributed by atoms with E-state index >= 15 is 0 Å². The van der Waals surface area contributed by atoms with Crippen molar-refractivity contribution in [2.45, 2.75) is 20.3 Å². The fraction of sp³-hybridized carbons (Fsp3) is 0.200. The lowest BCUT2D eigenvalue weighted by atomic mass is 10.1. The maximum atomic E-state index is 5.39. The van der Waals surface area contributed by atoms with E-state index < -0.39 is 0 Å². The molecular formula is C20H18O. The quantitative estimate of drug-likeness (QED) is 0.767. The summed E-state index contributed by atoms with van der Waals surface area (Å²) in [5.41, 5.74) is 3.25. The van der Waals surface area contributed by atoms with Crippen molar-refractivity contribution in [3.05, 3.63) is 65.2 Å². The molecule has 0 spiro atoms. The average Bonchev–Trinajstić information content (AvgIpc) is 2.54. The van der Waals surface area contributed by atoms with Gasteiger partial charge in [-0.25, -0.2) is 0 Å². The summed E-state index contributed by atoms with van der Waals surface area (Å²) in [6, 6.07) is 16.0. The van der Waals surface area contributed by atoms with Crippen molar-refractivity contribution in [2.75, 3.05) is 6.61 Å². The van der Waals surface area contributed by atoms with E-state index in [1.165, 1.54) is 5.56 Å². The fourth-order valence-corrected chi connectivity index (χ4v) is 1.83. The lowest BCUT2D eigenvalue weighted by Crippen LogP contribution is -1.90. The van der Waals surface area contributed by atoms with Crippen LogP contribution in [0.4, 0.5) is 0 Å². The molecule has 104 valence electrons. The summed E-state index contributed by atoms with van der Waals surface area (Å²) in [5.74, 6) is 12.7. The molecule has 0 amide bonds. The van der Waals surface area contributed by atoms with Crippen LogP contribution in [0.3, 0.4) is 0 Å². The van der Waals surface area contributed by atoms with E-state index in [9.17, 15) is 0 Å². The van der Waals surface area contributed by atoms with Crippen LogP contribution in [-0.4, -0.2) is 6.61 Å². The number of rotatable bonds is 3. The summed E-state index contributed by atoms with van der Waals surface area (Å²) in [4.78, 5) is 0. The zero-order valence-electron chi connectivity index (χ0n) is 12.4. The molecule has 2 aromatic rings. The van der Waals surface area contributed by atoms with Gasteiger partial charge in [0, 0.05) is 11.1 Å². The molecule has 2 aromatic carbocycles. The fourth-order valence-electron chi connectivity index (χ4n) is 1.83. The summed E-state index contributed by atoms with van der Waals surface area (Å²) < 4.78 is 5.39. The highest BCUT2D eigenvalue weighted by molar-refractivity contribution is 5.45. The Hall–Kier alpha value is -2.64. The maximum Gasteiger partial charge on any atom is 0.119 e. The summed E-state index contributed by atoms with van der Waals surface area (Å²) in [5, 5.41) is 0. The highest BCUT2D eigenvalue weighted by Crippen LogP contribution is 2.11. The Kier molecular flexibility index (Phi) is 5.50. The molecule has 0 heterocycles. The van der Waals surface area contributed by atoms with Crippen molar-refractivity contribution < 1.29 is 4.74 Å². The van der Waals surface area contributed by atoms with Crippen LogP contribution in [0.25, 0.3) is 0 Å². The number of hydrogen-bond acceptors (Lipinski definition) is 1. The van der Waals surface area contributed by atoms with Crippen molar-refractivity contribution >= 4 is 0 Å². The standard InChI is InChI=1S/C20H18O/c1-3-17-9-11-18(12-10-17)7-5-6-8-19-13-15-20(16-14-19)21-4-2/h9-16H,3-4H2,1-2H3. The highest BCUT2D eigenvalue weighted by Gasteiger charge is 1.91. The van der Waals surface area contributed by atoms with Crippen LogP contribution in [-0.2, 0) is 6.42 Å². The van der Waals surface area contributed by atoms with E-state index in [1.807, 2.05) is 43.3 Å². The minimum atomic E-state index is 0.674. The average molecular weight is 274 g/mol. The number of ether oxygens (including phenoxy) is 1. The molecule has 21 heavy (non-hydrogen) atoms. The lowest BCUT2D eigenvalue weighted by Gasteiger charge is -2.00. The number of hydrogen-bond donors (Lipinski definition) is 0. The minimum absolute atomic E-state index is 0.674. The van der Waals surface area contributed by atoms with Crippen LogP contribution in [0.2, 0.25) is 0 Å². The van der Waals surface area contributed by atoms with E-state index in [0.717, 1.165) is 23.3 Å². The molecule has 1 heteroatoms. The predicted molar refractivity (Wildman–Crippen MR) is 87.2 cm³/mol. The zero-order chi connectivity index (χ0) is 14.9. The molecule has 0 aliphatic rings. The maximum absolute atomic E-state index is 5.39. The first-order chi connectivity index (χ1) is 10.3. The smallest absolute Gasteiger partial charge is 0.119 e. The molecule has 0 atom stereocenters. The highest BCUT2D eigenvalue weighted by atomic mass is 16.5. The third-order valence-electron chi connectivity index (χ3n) is 3.00. The summed E-state index contributed by atoms with van der Waals surface area (Å²) in [6.45, 7) is 4.78. The Morgan fingerprint density at radius 2 is 1.29 bits per heavy atom. The van der Waals surface area contributed by atoms with Crippen LogP contribution >= 0.6 is 0 Å². The lowest BCUT2D eigenvalue weighted by molar-refractivity contribution is 0.340. The van der Waals surface area contributed by atoms with Crippen molar-refractivity contribution in [1.82, 2.24) is 0 Å². The van der Waals surface area contributed by atoms with Gasteiger partial charge in [-0.2, -0.15) is 0 Å². The second-order valence-electron chi connectivity index (χ2n) is 4.51. The van der Waals surface area contributed by atoms with Crippen LogP contribution in [0.15, 0.2) is 48.5 Å². The van der Waals surface area contributed by atoms with Gasteiger partial charge in [0.25, 0.3) is 0 Å². The van der Waals surface area contributed by atoms with Gasteiger partial charge in [0.15, 0.2) is 0 Å². The van der Waals surface area contributed by atoms with Gasteiger partial charge in [-0.05, 0) is 67.1 Å². The van der Waals surface area contributed by atoms with E-state index in [0.29, 0.717) is 6.61 Å². The van der Waals surface area contributed by atoms with Crippen LogP contribution in [0, 0.1) is 23.7 Å². The molecule has 0 saturated heterocycles. The zero-order valence-corrected chi connectivity index (χ0v) is 12.4. The number of benzene rings is 2. The first-order valence-electron chi connectivity index (χ1n) is 7.15. The van der Waals surface area contributed by atoms with Crippen LogP contribution in [0.1, 0.15) is 30.5 Å². The Morgan fingerprint density at radius 1 is 0.762 bits per heavy atom. The molecule has 0 aliphatic carbocycles. The third kappa shape index (κ3) is 4.75. The second-order valence-corrected chi connectivity index (χ2v) is 4.51. The Bertz CT molecular complexity index is 686. The summed E-state index contributed by atoms with van der Waals surface area (Å²) in [7, 11) is 0. The predicted octanol–water partition coefficient (Wildman–Crippen LogP) is 4.05. The molecule has 2 rings (SSSR count). The minimum Gasteiger partial charge on any atom is -0.494 e. The first kappa shape index (κ1) is 14.8. The van der Waals surface area contributed by atoms with Gasteiger partial charge < -0.3 is 4.74 Å². The summed E-state index contributed by atoms with van der Waals surface area (Å²) >= 11 is 0. The van der Waals surface area contributed by atoms with Crippen molar-refractivity contribution in [2.24, 2.45) is 0 Å². The molecule has 1 nitrogen and oxygen atoms in total. The van der Waals surface area contributed by atoms with Gasteiger partial charge in [0.1, 0.15) is 5.75 Å². The Morgan fingerprint density at radius 3 is 1.76 bits per heavy atom. The topological polar surface area (TPSA) is 9.23 Å². The molecular weight excluding hydrogens is 256 g/mol. The van der Waals surface area contributed by atoms with E-state index in [1.54, 1.807) is 0 Å². The molecule has 0 radical (unpaired) electrons. The van der Waals surface area contributed by atoms with Gasteiger partial charge in [-0.1, -0.05) is 30.9 Å². The third-order valence-corrected chi connectivity index (χ3v) is 3.00. The molecule has 0 unspecified atom stereocenters. The van der Waals surface area contributed by atoms with Crippen LogP contribution in [0.5, 0.6) is 5.75 Å². The van der Waals surface area contributed by atoms with Crippen molar-refractivity contribution in [3.8, 4) is 29.4 Å². The van der Waals surface area contributed by atoms with Crippen molar-refractivity contribution in [3.63, 3.8) is 0 Å². The van der Waals surface area contributed by atoms with Crippen molar-refractivity contribution in [1.29, 1.82) is 0 Å². The molecule has 0 aliphatic heterocycles. The van der Waals surface area contributed by atoms with Gasteiger partial charge in [0.05, 0.1) is 6.61 Å². The SMILES string of the molecule is CCOc1ccc(C#CC#Cc2ccc(CC)cc2)cc1. The molecule has 0 fully saturated rings. The Labute approximate surface area is 127 Å². The van der Waals surface area contributed by atoms with Gasteiger partial charge in [0.2, 0.25) is 0 Å². The Balaban J connectivity index is 2.01. The van der Waals surface area contributed by atoms with E-state index in [-0.39, 0.29) is 0 Å².